The van der Waals surface area contributed by atoms with Gasteiger partial charge in [0.25, 0.3) is 0 Å². The van der Waals surface area contributed by atoms with Crippen LogP contribution in [0.25, 0.3) is 0 Å². The van der Waals surface area contributed by atoms with Crippen molar-refractivity contribution < 1.29 is 14.0 Å². The molecule has 1 aromatic rings. The fourth-order valence-electron chi connectivity index (χ4n) is 2.47. The van der Waals surface area contributed by atoms with E-state index in [1.165, 1.54) is 24.3 Å². The first-order valence-electron chi connectivity index (χ1n) is 7.35. The number of ketones is 1. The Kier molecular flexibility index (Phi) is 5.44. The minimum absolute atomic E-state index is 0.106. The molecule has 2 unspecified atom stereocenters. The lowest BCUT2D eigenvalue weighted by Crippen LogP contribution is -2.50. The van der Waals surface area contributed by atoms with Crippen LogP contribution in [0.1, 0.15) is 36.5 Å². The molecule has 1 saturated heterocycles. The zero-order valence-corrected chi connectivity index (χ0v) is 12.2. The van der Waals surface area contributed by atoms with E-state index in [4.69, 9.17) is 0 Å². The Balaban J connectivity index is 1.78. The standard InChI is InChI=1S/C16H21FN2O2/c1-11-8-9-18-10-14(11)19-16(21)7-6-15(20)12-2-4-13(17)5-3-12/h2-5,11,14,18H,6-10H2,1H3,(H,19,21). The van der Waals surface area contributed by atoms with Crippen molar-refractivity contribution in [3.8, 4) is 0 Å². The van der Waals surface area contributed by atoms with Gasteiger partial charge >= 0.3 is 0 Å². The topological polar surface area (TPSA) is 58.2 Å². The number of carbonyl (C=O) groups excluding carboxylic acids is 2. The number of hydrogen-bond acceptors (Lipinski definition) is 3. The second kappa shape index (κ2) is 7.31. The summed E-state index contributed by atoms with van der Waals surface area (Å²) in [4.78, 5) is 23.8. The Labute approximate surface area is 124 Å². The lowest BCUT2D eigenvalue weighted by molar-refractivity contribution is -0.122. The van der Waals surface area contributed by atoms with Crippen molar-refractivity contribution in [2.24, 2.45) is 5.92 Å². The van der Waals surface area contributed by atoms with E-state index in [2.05, 4.69) is 17.6 Å². The van der Waals surface area contributed by atoms with Crippen LogP contribution >= 0.6 is 0 Å². The summed E-state index contributed by atoms with van der Waals surface area (Å²) in [5.41, 5.74) is 0.442. The highest BCUT2D eigenvalue weighted by molar-refractivity contribution is 5.97. The maximum atomic E-state index is 12.8. The molecule has 4 nitrogen and oxygen atoms in total. The van der Waals surface area contributed by atoms with Gasteiger partial charge in [0.15, 0.2) is 5.78 Å². The highest BCUT2D eigenvalue weighted by Crippen LogP contribution is 2.12. The SMILES string of the molecule is CC1CCNCC1NC(=O)CCC(=O)c1ccc(F)cc1. The lowest BCUT2D eigenvalue weighted by atomic mass is 9.94. The molecule has 1 aliphatic heterocycles. The van der Waals surface area contributed by atoms with Gasteiger partial charge in [-0.05, 0) is 43.1 Å². The Morgan fingerprint density at radius 2 is 2.00 bits per heavy atom. The number of hydrogen-bond donors (Lipinski definition) is 2. The Hall–Kier alpha value is -1.75. The van der Waals surface area contributed by atoms with Crippen LogP contribution in [0.2, 0.25) is 0 Å². The molecule has 5 heteroatoms. The van der Waals surface area contributed by atoms with E-state index in [1.54, 1.807) is 0 Å². The summed E-state index contributed by atoms with van der Waals surface area (Å²) in [6, 6.07) is 5.53. The predicted molar refractivity (Wildman–Crippen MR) is 78.5 cm³/mol. The van der Waals surface area contributed by atoms with Gasteiger partial charge in [-0.1, -0.05) is 6.92 Å². The molecule has 1 fully saturated rings. The normalized spacial score (nSPS) is 21.8. The first kappa shape index (κ1) is 15.6. The zero-order valence-electron chi connectivity index (χ0n) is 12.2. The number of benzene rings is 1. The molecule has 2 rings (SSSR count). The molecule has 1 aliphatic rings. The first-order chi connectivity index (χ1) is 10.1. The van der Waals surface area contributed by atoms with Crippen molar-refractivity contribution in [1.82, 2.24) is 10.6 Å². The van der Waals surface area contributed by atoms with Gasteiger partial charge in [0, 0.05) is 31.0 Å². The van der Waals surface area contributed by atoms with Gasteiger partial charge in [0.05, 0.1) is 0 Å². The number of carbonyl (C=O) groups is 2. The maximum absolute atomic E-state index is 12.8. The van der Waals surface area contributed by atoms with Gasteiger partial charge in [0.2, 0.25) is 5.91 Å². The minimum atomic E-state index is -0.372. The van der Waals surface area contributed by atoms with Gasteiger partial charge in [-0.3, -0.25) is 9.59 Å². The minimum Gasteiger partial charge on any atom is -0.352 e. The third-order valence-corrected chi connectivity index (χ3v) is 3.92. The summed E-state index contributed by atoms with van der Waals surface area (Å²) >= 11 is 0. The number of halogens is 1. The van der Waals surface area contributed by atoms with Gasteiger partial charge < -0.3 is 10.6 Å². The Bertz CT molecular complexity index is 502. The summed E-state index contributed by atoms with van der Waals surface area (Å²) in [6.07, 6.45) is 1.35. The summed E-state index contributed by atoms with van der Waals surface area (Å²) in [6.45, 7) is 3.88. The molecular formula is C16H21FN2O2. The summed E-state index contributed by atoms with van der Waals surface area (Å²) < 4.78 is 12.8. The summed E-state index contributed by atoms with van der Waals surface area (Å²) in [7, 11) is 0. The third kappa shape index (κ3) is 4.63. The predicted octanol–water partition coefficient (Wildman–Crippen LogP) is 1.90. The van der Waals surface area contributed by atoms with Crippen molar-refractivity contribution in [3.05, 3.63) is 35.6 Å². The largest absolute Gasteiger partial charge is 0.352 e. The number of nitrogens with one attached hydrogen (secondary N) is 2. The molecule has 0 bridgehead atoms. The molecular weight excluding hydrogens is 271 g/mol. The summed E-state index contributed by atoms with van der Waals surface area (Å²) in [5, 5.41) is 6.22. The quantitative estimate of drug-likeness (QED) is 0.815. The van der Waals surface area contributed by atoms with Crippen LogP contribution in [0.4, 0.5) is 4.39 Å². The van der Waals surface area contributed by atoms with Crippen molar-refractivity contribution in [2.45, 2.75) is 32.2 Å². The number of Topliss-reactive ketones (excluding diaryl/α,β-unsaturated/α-hetero) is 1. The number of rotatable bonds is 5. The molecule has 2 atom stereocenters. The zero-order chi connectivity index (χ0) is 15.2. The first-order valence-corrected chi connectivity index (χ1v) is 7.35. The van der Waals surface area contributed by atoms with Crippen molar-refractivity contribution in [3.63, 3.8) is 0 Å². The van der Waals surface area contributed by atoms with Crippen LogP contribution in [0.3, 0.4) is 0 Å². The lowest BCUT2D eigenvalue weighted by Gasteiger charge is -2.30. The van der Waals surface area contributed by atoms with Gasteiger partial charge in [0.1, 0.15) is 5.82 Å². The Morgan fingerprint density at radius 1 is 1.29 bits per heavy atom. The highest BCUT2D eigenvalue weighted by atomic mass is 19.1. The average molecular weight is 292 g/mol. The van der Waals surface area contributed by atoms with E-state index in [9.17, 15) is 14.0 Å². The number of piperidine rings is 1. The van der Waals surface area contributed by atoms with E-state index in [-0.39, 0.29) is 36.4 Å². The van der Waals surface area contributed by atoms with Crippen LogP contribution in [0.15, 0.2) is 24.3 Å². The van der Waals surface area contributed by atoms with Gasteiger partial charge in [-0.15, -0.1) is 0 Å². The van der Waals surface area contributed by atoms with E-state index >= 15 is 0 Å². The average Bonchev–Trinajstić information content (AvgIpc) is 2.48. The maximum Gasteiger partial charge on any atom is 0.220 e. The Morgan fingerprint density at radius 3 is 2.67 bits per heavy atom. The fourth-order valence-corrected chi connectivity index (χ4v) is 2.47. The fraction of sp³-hybridized carbons (Fsp3) is 0.500. The molecule has 1 heterocycles. The van der Waals surface area contributed by atoms with Crippen LogP contribution in [-0.4, -0.2) is 30.8 Å². The number of amides is 1. The molecule has 0 saturated carbocycles. The second-order valence-corrected chi connectivity index (χ2v) is 5.57. The monoisotopic (exact) mass is 292 g/mol. The van der Waals surface area contributed by atoms with E-state index in [1.807, 2.05) is 0 Å². The third-order valence-electron chi connectivity index (χ3n) is 3.92. The van der Waals surface area contributed by atoms with E-state index in [0.717, 1.165) is 19.5 Å². The van der Waals surface area contributed by atoms with Crippen molar-refractivity contribution >= 4 is 11.7 Å². The molecule has 114 valence electrons. The van der Waals surface area contributed by atoms with Crippen LogP contribution in [0, 0.1) is 11.7 Å². The van der Waals surface area contributed by atoms with Crippen LogP contribution in [-0.2, 0) is 4.79 Å². The van der Waals surface area contributed by atoms with Crippen molar-refractivity contribution in [1.29, 1.82) is 0 Å². The molecule has 1 amide bonds. The molecule has 1 aromatic carbocycles. The van der Waals surface area contributed by atoms with Gasteiger partial charge in [-0.25, -0.2) is 4.39 Å². The van der Waals surface area contributed by atoms with Crippen LogP contribution < -0.4 is 10.6 Å². The highest BCUT2D eigenvalue weighted by Gasteiger charge is 2.22. The second-order valence-electron chi connectivity index (χ2n) is 5.57. The molecule has 0 radical (unpaired) electrons. The summed E-state index contributed by atoms with van der Waals surface area (Å²) in [5.74, 6) is -0.169. The molecule has 2 N–H and O–H groups in total. The molecule has 0 aliphatic carbocycles. The molecule has 21 heavy (non-hydrogen) atoms. The van der Waals surface area contributed by atoms with Gasteiger partial charge in [-0.2, -0.15) is 0 Å². The molecule has 0 spiro atoms. The van der Waals surface area contributed by atoms with Crippen molar-refractivity contribution in [2.75, 3.05) is 13.1 Å². The molecule has 0 aromatic heterocycles. The van der Waals surface area contributed by atoms with E-state index in [0.29, 0.717) is 11.5 Å². The van der Waals surface area contributed by atoms with E-state index < -0.39 is 0 Å². The smallest absolute Gasteiger partial charge is 0.220 e. The van der Waals surface area contributed by atoms with Crippen LogP contribution in [0.5, 0.6) is 0 Å².